The van der Waals surface area contributed by atoms with Gasteiger partial charge in [0, 0.05) is 5.54 Å². The van der Waals surface area contributed by atoms with Gasteiger partial charge in [-0.2, -0.15) is 0 Å². The first-order chi connectivity index (χ1) is 7.89. The van der Waals surface area contributed by atoms with E-state index in [0.717, 1.165) is 24.9 Å². The molecule has 5 heteroatoms. The second kappa shape index (κ2) is 4.22. The van der Waals surface area contributed by atoms with E-state index in [1.807, 2.05) is 13.0 Å². The molecule has 1 heterocycles. The van der Waals surface area contributed by atoms with Crippen LogP contribution in [0.25, 0.3) is 0 Å². The molecular weight excluding hydrogens is 231 g/mol. The van der Waals surface area contributed by atoms with Crippen LogP contribution in [0.15, 0.2) is 24.3 Å². The van der Waals surface area contributed by atoms with Gasteiger partial charge in [0.05, 0.1) is 0 Å². The van der Waals surface area contributed by atoms with E-state index in [-0.39, 0.29) is 11.3 Å². The van der Waals surface area contributed by atoms with E-state index in [1.54, 1.807) is 6.07 Å². The van der Waals surface area contributed by atoms with Crippen molar-refractivity contribution < 1.29 is 17.9 Å². The average Bonchev–Trinajstić information content (AvgIpc) is 2.64. The van der Waals surface area contributed by atoms with Gasteiger partial charge in [0.1, 0.15) is 5.75 Å². The molecule has 0 aromatic heterocycles. The molecular formula is C12H14F3NO. The molecule has 0 spiro atoms. The Hall–Kier alpha value is -1.23. The standard InChI is InChI=1S/C12H14F3NO/c1-11(6-3-7-16-11)9-4-2-5-10(8-9)17-12(13,14)15/h2,4-5,8,16H,3,6-7H2,1H3. The highest BCUT2D eigenvalue weighted by Gasteiger charge is 2.33. The minimum atomic E-state index is -4.64. The minimum absolute atomic E-state index is 0.162. The van der Waals surface area contributed by atoms with Crippen molar-refractivity contribution >= 4 is 0 Å². The monoisotopic (exact) mass is 245 g/mol. The maximum absolute atomic E-state index is 12.1. The summed E-state index contributed by atoms with van der Waals surface area (Å²) >= 11 is 0. The van der Waals surface area contributed by atoms with E-state index in [4.69, 9.17) is 0 Å². The van der Waals surface area contributed by atoms with Crippen LogP contribution in [-0.2, 0) is 5.54 Å². The van der Waals surface area contributed by atoms with Gasteiger partial charge in [-0.25, -0.2) is 0 Å². The molecule has 1 saturated heterocycles. The highest BCUT2D eigenvalue weighted by molar-refractivity contribution is 5.33. The molecule has 1 aliphatic heterocycles. The molecule has 1 unspecified atom stereocenters. The molecule has 2 rings (SSSR count). The highest BCUT2D eigenvalue weighted by atomic mass is 19.4. The normalized spacial score (nSPS) is 24.9. The number of halogens is 3. The molecule has 1 aromatic carbocycles. The number of rotatable bonds is 2. The van der Waals surface area contributed by atoms with Crippen LogP contribution in [0, 0.1) is 0 Å². The molecule has 1 aliphatic rings. The second-order valence-corrected chi connectivity index (χ2v) is 4.44. The van der Waals surface area contributed by atoms with E-state index < -0.39 is 6.36 Å². The van der Waals surface area contributed by atoms with Crippen molar-refractivity contribution in [2.75, 3.05) is 6.54 Å². The smallest absolute Gasteiger partial charge is 0.406 e. The Kier molecular flexibility index (Phi) is 3.03. The van der Waals surface area contributed by atoms with Crippen molar-refractivity contribution in [2.24, 2.45) is 0 Å². The molecule has 1 aromatic rings. The lowest BCUT2D eigenvalue weighted by Gasteiger charge is -2.25. The first-order valence-corrected chi connectivity index (χ1v) is 5.50. The number of ether oxygens (including phenoxy) is 1. The van der Waals surface area contributed by atoms with Crippen molar-refractivity contribution in [1.82, 2.24) is 5.32 Å². The first kappa shape index (κ1) is 12.2. The van der Waals surface area contributed by atoms with Crippen LogP contribution in [0.4, 0.5) is 13.2 Å². The topological polar surface area (TPSA) is 21.3 Å². The SMILES string of the molecule is CC1(c2cccc(OC(F)(F)F)c2)CCCN1. The summed E-state index contributed by atoms with van der Waals surface area (Å²) < 4.78 is 40.2. The van der Waals surface area contributed by atoms with Crippen LogP contribution in [0.5, 0.6) is 5.75 Å². The van der Waals surface area contributed by atoms with Gasteiger partial charge in [-0.15, -0.1) is 13.2 Å². The molecule has 2 nitrogen and oxygen atoms in total. The van der Waals surface area contributed by atoms with E-state index in [0.29, 0.717) is 0 Å². The molecule has 0 radical (unpaired) electrons. The van der Waals surface area contributed by atoms with E-state index in [1.165, 1.54) is 12.1 Å². The van der Waals surface area contributed by atoms with E-state index >= 15 is 0 Å². The Balaban J connectivity index is 2.22. The van der Waals surface area contributed by atoms with Gasteiger partial charge < -0.3 is 10.1 Å². The number of nitrogens with one attached hydrogen (secondary N) is 1. The fraction of sp³-hybridized carbons (Fsp3) is 0.500. The zero-order chi connectivity index (χ0) is 12.5. The molecule has 1 fully saturated rings. The highest BCUT2D eigenvalue weighted by Crippen LogP contribution is 2.33. The van der Waals surface area contributed by atoms with Gasteiger partial charge in [0.15, 0.2) is 0 Å². The molecule has 1 atom stereocenters. The fourth-order valence-electron chi connectivity index (χ4n) is 2.18. The third-order valence-corrected chi connectivity index (χ3v) is 3.07. The Morgan fingerprint density at radius 2 is 2.12 bits per heavy atom. The van der Waals surface area contributed by atoms with Gasteiger partial charge in [0.25, 0.3) is 0 Å². The molecule has 0 amide bonds. The van der Waals surface area contributed by atoms with Gasteiger partial charge in [-0.3, -0.25) is 0 Å². The number of benzene rings is 1. The van der Waals surface area contributed by atoms with Crippen LogP contribution >= 0.6 is 0 Å². The van der Waals surface area contributed by atoms with Crippen LogP contribution in [-0.4, -0.2) is 12.9 Å². The summed E-state index contributed by atoms with van der Waals surface area (Å²) in [5.74, 6) is -0.162. The zero-order valence-corrected chi connectivity index (χ0v) is 9.47. The molecule has 0 bridgehead atoms. The third-order valence-electron chi connectivity index (χ3n) is 3.07. The predicted octanol–water partition coefficient (Wildman–Crippen LogP) is 3.18. The van der Waals surface area contributed by atoms with E-state index in [2.05, 4.69) is 10.1 Å². The summed E-state index contributed by atoms with van der Waals surface area (Å²) in [6.07, 6.45) is -2.69. The number of hydrogen-bond donors (Lipinski definition) is 1. The van der Waals surface area contributed by atoms with Gasteiger partial charge >= 0.3 is 6.36 Å². The summed E-state index contributed by atoms with van der Waals surface area (Å²) in [6.45, 7) is 2.88. The summed E-state index contributed by atoms with van der Waals surface area (Å²) in [4.78, 5) is 0. The first-order valence-electron chi connectivity index (χ1n) is 5.50. The number of alkyl halides is 3. The maximum Gasteiger partial charge on any atom is 0.573 e. The Bertz CT molecular complexity index is 397. The number of hydrogen-bond acceptors (Lipinski definition) is 2. The van der Waals surface area contributed by atoms with Crippen LogP contribution in [0.2, 0.25) is 0 Å². The van der Waals surface area contributed by atoms with E-state index in [9.17, 15) is 13.2 Å². The van der Waals surface area contributed by atoms with Crippen molar-refractivity contribution in [2.45, 2.75) is 31.7 Å². The molecule has 94 valence electrons. The van der Waals surface area contributed by atoms with Crippen molar-refractivity contribution in [3.05, 3.63) is 29.8 Å². The lowest BCUT2D eigenvalue weighted by molar-refractivity contribution is -0.274. The summed E-state index contributed by atoms with van der Waals surface area (Å²) in [6, 6.07) is 6.17. The molecule has 0 aliphatic carbocycles. The summed E-state index contributed by atoms with van der Waals surface area (Å²) in [7, 11) is 0. The Morgan fingerprint density at radius 3 is 2.71 bits per heavy atom. The van der Waals surface area contributed by atoms with Crippen LogP contribution in [0.1, 0.15) is 25.3 Å². The maximum atomic E-state index is 12.1. The third kappa shape index (κ3) is 2.91. The fourth-order valence-corrected chi connectivity index (χ4v) is 2.18. The van der Waals surface area contributed by atoms with Gasteiger partial charge in [0.2, 0.25) is 0 Å². The summed E-state index contributed by atoms with van der Waals surface area (Å²) in [5, 5.41) is 3.30. The van der Waals surface area contributed by atoms with Gasteiger partial charge in [-0.05, 0) is 44.0 Å². The van der Waals surface area contributed by atoms with Crippen LogP contribution in [0.3, 0.4) is 0 Å². The lowest BCUT2D eigenvalue weighted by Crippen LogP contribution is -2.33. The van der Waals surface area contributed by atoms with Crippen molar-refractivity contribution in [3.8, 4) is 5.75 Å². The van der Waals surface area contributed by atoms with Gasteiger partial charge in [-0.1, -0.05) is 12.1 Å². The molecule has 1 N–H and O–H groups in total. The van der Waals surface area contributed by atoms with Crippen LogP contribution < -0.4 is 10.1 Å². The zero-order valence-electron chi connectivity index (χ0n) is 9.47. The quantitative estimate of drug-likeness (QED) is 0.864. The predicted molar refractivity (Wildman–Crippen MR) is 57.7 cm³/mol. The summed E-state index contributed by atoms with van der Waals surface area (Å²) in [5.41, 5.74) is 0.585. The van der Waals surface area contributed by atoms with Crippen molar-refractivity contribution in [3.63, 3.8) is 0 Å². The van der Waals surface area contributed by atoms with Crippen molar-refractivity contribution in [1.29, 1.82) is 0 Å². The Labute approximate surface area is 97.8 Å². The minimum Gasteiger partial charge on any atom is -0.406 e. The molecule has 17 heavy (non-hydrogen) atoms. The second-order valence-electron chi connectivity index (χ2n) is 4.44. The average molecular weight is 245 g/mol. The Morgan fingerprint density at radius 1 is 1.35 bits per heavy atom. The molecule has 0 saturated carbocycles. The lowest BCUT2D eigenvalue weighted by atomic mass is 9.90. The largest absolute Gasteiger partial charge is 0.573 e.